The van der Waals surface area contributed by atoms with Crippen molar-refractivity contribution in [2.45, 2.75) is 39.8 Å². The van der Waals surface area contributed by atoms with Gasteiger partial charge in [0.15, 0.2) is 0 Å². The summed E-state index contributed by atoms with van der Waals surface area (Å²) in [6.07, 6.45) is 3.15. The van der Waals surface area contributed by atoms with Gasteiger partial charge < -0.3 is 14.6 Å². The van der Waals surface area contributed by atoms with E-state index in [0.29, 0.717) is 12.6 Å². The van der Waals surface area contributed by atoms with Crippen molar-refractivity contribution in [3.63, 3.8) is 0 Å². The summed E-state index contributed by atoms with van der Waals surface area (Å²) in [4.78, 5) is 5.82. The van der Waals surface area contributed by atoms with Crippen molar-refractivity contribution >= 4 is 10.9 Å². The summed E-state index contributed by atoms with van der Waals surface area (Å²) in [5, 5.41) is 1.23. The standard InChI is InChI=1S/C22H28N2O/c1-16(2)24(4)13-12-19-14-23-22-17(3)10-11-20(21(19)22)25-15-18-8-6-5-7-9-18/h5-11,14,16,23H,12-13,15H2,1-4H3. The first-order valence-electron chi connectivity index (χ1n) is 9.02. The van der Waals surface area contributed by atoms with Crippen molar-refractivity contribution in [3.05, 3.63) is 65.4 Å². The Morgan fingerprint density at radius 1 is 1.08 bits per heavy atom. The fraction of sp³-hybridized carbons (Fsp3) is 0.364. The molecule has 0 atom stereocenters. The van der Waals surface area contributed by atoms with Crippen LogP contribution in [0.5, 0.6) is 5.75 Å². The first-order chi connectivity index (χ1) is 12.1. The van der Waals surface area contributed by atoms with Crippen LogP contribution < -0.4 is 4.74 Å². The van der Waals surface area contributed by atoms with Gasteiger partial charge in [-0.15, -0.1) is 0 Å². The van der Waals surface area contributed by atoms with Gasteiger partial charge in [-0.05, 0) is 57.0 Å². The van der Waals surface area contributed by atoms with E-state index < -0.39 is 0 Å². The van der Waals surface area contributed by atoms with Crippen LogP contribution in [0.25, 0.3) is 10.9 Å². The monoisotopic (exact) mass is 336 g/mol. The van der Waals surface area contributed by atoms with Crippen LogP contribution in [-0.2, 0) is 13.0 Å². The third kappa shape index (κ3) is 4.05. The Morgan fingerprint density at radius 2 is 1.84 bits per heavy atom. The number of fused-ring (bicyclic) bond motifs is 1. The molecular formula is C22H28N2O. The SMILES string of the molecule is Cc1ccc(OCc2ccccc2)c2c(CCN(C)C(C)C)c[nH]c12. The Balaban J connectivity index is 1.85. The van der Waals surface area contributed by atoms with Crippen molar-refractivity contribution < 1.29 is 4.74 Å². The molecule has 25 heavy (non-hydrogen) atoms. The van der Waals surface area contributed by atoms with Crippen molar-refractivity contribution in [2.75, 3.05) is 13.6 Å². The van der Waals surface area contributed by atoms with E-state index in [2.05, 4.69) is 68.2 Å². The van der Waals surface area contributed by atoms with Crippen molar-refractivity contribution in [1.29, 1.82) is 0 Å². The third-order valence-electron chi connectivity index (χ3n) is 4.94. The van der Waals surface area contributed by atoms with Gasteiger partial charge in [0.1, 0.15) is 12.4 Å². The zero-order chi connectivity index (χ0) is 17.8. The molecule has 1 N–H and O–H groups in total. The van der Waals surface area contributed by atoms with Gasteiger partial charge in [-0.3, -0.25) is 0 Å². The average Bonchev–Trinajstić information content (AvgIpc) is 3.05. The van der Waals surface area contributed by atoms with Gasteiger partial charge in [0.2, 0.25) is 0 Å². The molecule has 0 saturated carbocycles. The molecule has 0 aliphatic rings. The number of aryl methyl sites for hydroxylation is 1. The smallest absolute Gasteiger partial charge is 0.129 e. The first-order valence-corrected chi connectivity index (χ1v) is 9.02. The molecule has 3 aromatic rings. The lowest BCUT2D eigenvalue weighted by Crippen LogP contribution is -2.28. The molecule has 1 heterocycles. The number of hydrogen-bond donors (Lipinski definition) is 1. The van der Waals surface area contributed by atoms with Gasteiger partial charge in [-0.25, -0.2) is 0 Å². The maximum atomic E-state index is 6.18. The highest BCUT2D eigenvalue weighted by Gasteiger charge is 2.13. The molecule has 3 rings (SSSR count). The van der Waals surface area contributed by atoms with E-state index in [1.165, 1.54) is 27.6 Å². The minimum absolute atomic E-state index is 0.556. The minimum Gasteiger partial charge on any atom is -0.488 e. The second-order valence-electron chi connectivity index (χ2n) is 7.04. The number of likely N-dealkylation sites (N-methyl/N-ethyl adjacent to an activating group) is 1. The molecule has 3 heteroatoms. The van der Waals surface area contributed by atoms with Crippen molar-refractivity contribution in [3.8, 4) is 5.75 Å². The minimum atomic E-state index is 0.556. The quantitative estimate of drug-likeness (QED) is 0.662. The number of H-pyrrole nitrogens is 1. The molecule has 0 saturated heterocycles. The topological polar surface area (TPSA) is 28.3 Å². The van der Waals surface area contributed by atoms with Crippen LogP contribution in [0.15, 0.2) is 48.7 Å². The second kappa shape index (κ2) is 7.75. The van der Waals surface area contributed by atoms with Crippen molar-refractivity contribution in [2.24, 2.45) is 0 Å². The molecular weight excluding hydrogens is 308 g/mol. The van der Waals surface area contributed by atoms with Crippen LogP contribution in [0.3, 0.4) is 0 Å². The number of aromatic nitrogens is 1. The third-order valence-corrected chi connectivity index (χ3v) is 4.94. The fourth-order valence-electron chi connectivity index (χ4n) is 3.03. The summed E-state index contributed by atoms with van der Waals surface area (Å²) in [5.74, 6) is 0.966. The molecule has 0 amide bonds. The number of benzene rings is 2. The highest BCUT2D eigenvalue weighted by Crippen LogP contribution is 2.32. The van der Waals surface area contributed by atoms with Gasteiger partial charge in [-0.1, -0.05) is 36.4 Å². The molecule has 0 bridgehead atoms. The molecule has 0 radical (unpaired) electrons. The first kappa shape index (κ1) is 17.6. The molecule has 132 valence electrons. The Hall–Kier alpha value is -2.26. The molecule has 2 aromatic carbocycles. The average molecular weight is 336 g/mol. The number of nitrogens with zero attached hydrogens (tertiary/aromatic N) is 1. The number of rotatable bonds is 7. The van der Waals surface area contributed by atoms with Gasteiger partial charge >= 0.3 is 0 Å². The van der Waals surface area contributed by atoms with Crippen LogP contribution in [0.4, 0.5) is 0 Å². The molecule has 0 spiro atoms. The number of nitrogens with one attached hydrogen (secondary N) is 1. The van der Waals surface area contributed by atoms with Gasteiger partial charge in [0.25, 0.3) is 0 Å². The van der Waals surface area contributed by atoms with E-state index in [0.717, 1.165) is 18.7 Å². The zero-order valence-corrected chi connectivity index (χ0v) is 15.7. The lowest BCUT2D eigenvalue weighted by molar-refractivity contribution is 0.277. The van der Waals surface area contributed by atoms with E-state index in [1.807, 2.05) is 18.2 Å². The largest absolute Gasteiger partial charge is 0.488 e. The summed E-state index contributed by atoms with van der Waals surface area (Å²) < 4.78 is 6.18. The van der Waals surface area contributed by atoms with E-state index in [4.69, 9.17) is 4.74 Å². The van der Waals surface area contributed by atoms with E-state index in [1.54, 1.807) is 0 Å². The van der Waals surface area contributed by atoms with Crippen LogP contribution in [-0.4, -0.2) is 29.5 Å². The van der Waals surface area contributed by atoms with Gasteiger partial charge in [0.05, 0.1) is 5.52 Å². The van der Waals surface area contributed by atoms with E-state index >= 15 is 0 Å². The molecule has 1 aromatic heterocycles. The summed E-state index contributed by atoms with van der Waals surface area (Å²) >= 11 is 0. The van der Waals surface area contributed by atoms with Crippen molar-refractivity contribution in [1.82, 2.24) is 9.88 Å². The Morgan fingerprint density at radius 3 is 2.56 bits per heavy atom. The summed E-state index contributed by atoms with van der Waals surface area (Å²) in [5.41, 5.74) is 4.96. The molecule has 0 aliphatic heterocycles. The highest BCUT2D eigenvalue weighted by molar-refractivity contribution is 5.91. The van der Waals surface area contributed by atoms with Crippen LogP contribution >= 0.6 is 0 Å². The fourth-order valence-corrected chi connectivity index (χ4v) is 3.03. The zero-order valence-electron chi connectivity index (χ0n) is 15.7. The lowest BCUT2D eigenvalue weighted by atomic mass is 10.1. The van der Waals surface area contributed by atoms with E-state index in [9.17, 15) is 0 Å². The summed E-state index contributed by atoms with van der Waals surface area (Å²) in [7, 11) is 2.18. The number of aromatic amines is 1. The van der Waals surface area contributed by atoms with Crippen LogP contribution in [0.1, 0.15) is 30.5 Å². The normalized spacial score (nSPS) is 11.6. The number of ether oxygens (including phenoxy) is 1. The molecule has 3 nitrogen and oxygen atoms in total. The van der Waals surface area contributed by atoms with Crippen LogP contribution in [0.2, 0.25) is 0 Å². The Bertz CT molecular complexity index is 821. The predicted molar refractivity (Wildman–Crippen MR) is 105 cm³/mol. The number of hydrogen-bond acceptors (Lipinski definition) is 2. The Kier molecular flexibility index (Phi) is 5.44. The predicted octanol–water partition coefficient (Wildman–Crippen LogP) is 4.94. The highest BCUT2D eigenvalue weighted by atomic mass is 16.5. The molecule has 0 aliphatic carbocycles. The maximum Gasteiger partial charge on any atom is 0.129 e. The summed E-state index contributed by atoms with van der Waals surface area (Å²) in [6.45, 7) is 8.23. The summed E-state index contributed by atoms with van der Waals surface area (Å²) in [6, 6.07) is 15.1. The molecule has 0 fully saturated rings. The second-order valence-corrected chi connectivity index (χ2v) is 7.04. The van der Waals surface area contributed by atoms with Gasteiger partial charge in [-0.2, -0.15) is 0 Å². The van der Waals surface area contributed by atoms with E-state index in [-0.39, 0.29) is 0 Å². The van der Waals surface area contributed by atoms with Gasteiger partial charge in [0, 0.05) is 24.2 Å². The Labute approximate surface area is 150 Å². The maximum absolute atomic E-state index is 6.18. The van der Waals surface area contributed by atoms with Crippen LogP contribution in [0, 0.1) is 6.92 Å². The molecule has 0 unspecified atom stereocenters. The lowest BCUT2D eigenvalue weighted by Gasteiger charge is -2.20.